The Kier molecular flexibility index (Phi) is 10.7. The standard InChI is InChI=1S/C23H21FN6O3.C4H10.C2H6/c1-23(2,3)33-22(32)29-12-16-20(21(29)31)17(30-9-8-18(26-4)28-30)10-15(27-16)19-13(11-25)6-5-7-14(19)24;1-3-4-2;1-2/h5-10H,12H2,1-4H3,(H,26,28);3-4H2,1-2H3;1-2H3. The van der Waals surface area contributed by atoms with E-state index in [1.54, 1.807) is 40.1 Å². The van der Waals surface area contributed by atoms with Gasteiger partial charge in [0.05, 0.1) is 46.4 Å². The Labute approximate surface area is 229 Å². The van der Waals surface area contributed by atoms with E-state index in [-0.39, 0.29) is 34.6 Å². The van der Waals surface area contributed by atoms with Crippen LogP contribution in [0.1, 0.15) is 82.9 Å². The number of fused-ring (bicyclic) bond motifs is 1. The molecule has 9 nitrogen and oxygen atoms in total. The lowest BCUT2D eigenvalue weighted by molar-refractivity contribution is 0.0247. The molecule has 3 aromatic rings. The van der Waals surface area contributed by atoms with Crippen LogP contribution in [0.4, 0.5) is 15.0 Å². The van der Waals surface area contributed by atoms with Gasteiger partial charge in [0.1, 0.15) is 17.2 Å². The molecule has 0 aliphatic carbocycles. The molecule has 208 valence electrons. The molecule has 0 radical (unpaired) electrons. The minimum atomic E-state index is -0.807. The Morgan fingerprint density at radius 3 is 2.38 bits per heavy atom. The number of halogens is 1. The molecule has 0 saturated carbocycles. The van der Waals surface area contributed by atoms with Gasteiger partial charge >= 0.3 is 6.09 Å². The van der Waals surface area contributed by atoms with Crippen LogP contribution >= 0.6 is 0 Å². The number of nitriles is 1. The Bertz CT molecular complexity index is 1350. The SMILES string of the molecule is CC.CCCC.CNc1ccn(-c2cc(-c3c(F)cccc3C#N)nc3c2C(=O)N(C(=O)OC(C)(C)C)C3)n1. The van der Waals surface area contributed by atoms with E-state index < -0.39 is 23.4 Å². The zero-order valence-corrected chi connectivity index (χ0v) is 23.9. The average Bonchev–Trinajstić information content (AvgIpc) is 3.53. The molecule has 39 heavy (non-hydrogen) atoms. The molecular formula is C29H37FN6O3. The summed E-state index contributed by atoms with van der Waals surface area (Å²) in [5.74, 6) is -0.679. The molecule has 0 atom stereocenters. The Morgan fingerprint density at radius 2 is 1.85 bits per heavy atom. The van der Waals surface area contributed by atoms with Gasteiger partial charge in [0, 0.05) is 19.3 Å². The number of aromatic nitrogens is 3. The van der Waals surface area contributed by atoms with Gasteiger partial charge in [-0.05, 0) is 39.0 Å². The van der Waals surface area contributed by atoms with Crippen molar-refractivity contribution >= 4 is 17.8 Å². The van der Waals surface area contributed by atoms with Gasteiger partial charge in [-0.15, -0.1) is 0 Å². The van der Waals surface area contributed by atoms with Crippen LogP contribution in [0, 0.1) is 17.1 Å². The van der Waals surface area contributed by atoms with E-state index in [4.69, 9.17) is 4.74 Å². The first-order valence-electron chi connectivity index (χ1n) is 13.1. The lowest BCUT2D eigenvalue weighted by Gasteiger charge is -2.23. The van der Waals surface area contributed by atoms with E-state index in [0.29, 0.717) is 11.5 Å². The molecule has 3 heterocycles. The second-order valence-corrected chi connectivity index (χ2v) is 9.39. The monoisotopic (exact) mass is 536 g/mol. The highest BCUT2D eigenvalue weighted by Crippen LogP contribution is 2.34. The minimum absolute atomic E-state index is 0.00760. The number of nitrogens with one attached hydrogen (secondary N) is 1. The number of ether oxygens (including phenoxy) is 1. The normalized spacial score (nSPS) is 11.9. The number of nitrogens with zero attached hydrogens (tertiary/aromatic N) is 5. The van der Waals surface area contributed by atoms with Crippen molar-refractivity contribution in [3.63, 3.8) is 0 Å². The van der Waals surface area contributed by atoms with Crippen molar-refractivity contribution in [2.75, 3.05) is 12.4 Å². The maximum atomic E-state index is 14.8. The largest absolute Gasteiger partial charge is 0.443 e. The Balaban J connectivity index is 0.000000815. The van der Waals surface area contributed by atoms with Crippen LogP contribution in [-0.2, 0) is 11.3 Å². The van der Waals surface area contributed by atoms with Gasteiger partial charge in [-0.2, -0.15) is 10.4 Å². The van der Waals surface area contributed by atoms with Crippen LogP contribution in [0.2, 0.25) is 0 Å². The summed E-state index contributed by atoms with van der Waals surface area (Å²) in [5, 5.41) is 16.8. The first kappa shape index (κ1) is 31.0. The van der Waals surface area contributed by atoms with Crippen LogP contribution < -0.4 is 5.32 Å². The summed E-state index contributed by atoms with van der Waals surface area (Å²) in [6.07, 6.45) is 3.46. The lowest BCUT2D eigenvalue weighted by atomic mass is 10.0. The van der Waals surface area contributed by atoms with Gasteiger partial charge < -0.3 is 10.1 Å². The van der Waals surface area contributed by atoms with Crippen molar-refractivity contribution in [3.8, 4) is 23.0 Å². The van der Waals surface area contributed by atoms with Crippen LogP contribution in [-0.4, -0.2) is 44.3 Å². The number of imide groups is 1. The molecule has 2 aromatic heterocycles. The number of carbonyl (C=O) groups excluding carboxylic acids is 2. The smallest absolute Gasteiger partial charge is 0.417 e. The van der Waals surface area contributed by atoms with Gasteiger partial charge in [0.15, 0.2) is 0 Å². The molecule has 0 bridgehead atoms. The molecule has 1 N–H and O–H groups in total. The number of hydrogen-bond donors (Lipinski definition) is 1. The molecule has 1 aliphatic heterocycles. The van der Waals surface area contributed by atoms with E-state index in [2.05, 4.69) is 29.2 Å². The lowest BCUT2D eigenvalue weighted by Crippen LogP contribution is -2.37. The summed E-state index contributed by atoms with van der Waals surface area (Å²) in [6.45, 7) is 13.3. The molecule has 4 rings (SSSR count). The topological polar surface area (TPSA) is 113 Å². The molecule has 0 saturated heterocycles. The van der Waals surface area contributed by atoms with E-state index in [1.807, 2.05) is 19.9 Å². The number of unbranched alkanes of at least 4 members (excludes halogenated alkanes) is 1. The number of pyridine rings is 1. The molecule has 2 amide bonds. The van der Waals surface area contributed by atoms with Crippen molar-refractivity contribution in [1.29, 1.82) is 5.26 Å². The van der Waals surface area contributed by atoms with Gasteiger partial charge in [0.2, 0.25) is 0 Å². The number of amides is 2. The van der Waals surface area contributed by atoms with Gasteiger partial charge in [-0.3, -0.25) is 4.79 Å². The number of anilines is 1. The van der Waals surface area contributed by atoms with Crippen LogP contribution in [0.25, 0.3) is 16.9 Å². The number of benzene rings is 1. The fraction of sp³-hybridized carbons (Fsp3) is 0.414. The minimum Gasteiger partial charge on any atom is -0.443 e. The molecule has 1 aromatic carbocycles. The zero-order chi connectivity index (χ0) is 29.3. The van der Waals surface area contributed by atoms with Crippen molar-refractivity contribution < 1.29 is 18.7 Å². The van der Waals surface area contributed by atoms with E-state index in [1.165, 1.54) is 41.8 Å². The fourth-order valence-electron chi connectivity index (χ4n) is 3.53. The highest BCUT2D eigenvalue weighted by Gasteiger charge is 2.39. The zero-order valence-electron chi connectivity index (χ0n) is 23.9. The third kappa shape index (κ3) is 7.19. The Morgan fingerprint density at radius 1 is 1.18 bits per heavy atom. The van der Waals surface area contributed by atoms with Gasteiger partial charge in [0.25, 0.3) is 5.91 Å². The molecular weight excluding hydrogens is 499 g/mol. The Hall–Kier alpha value is -4.26. The van der Waals surface area contributed by atoms with E-state index >= 15 is 0 Å². The predicted molar refractivity (Wildman–Crippen MR) is 149 cm³/mol. The second kappa shape index (κ2) is 13.5. The summed E-state index contributed by atoms with van der Waals surface area (Å²) in [5.41, 5.74) is 0.175. The number of rotatable bonds is 4. The predicted octanol–water partition coefficient (Wildman–Crippen LogP) is 6.71. The molecule has 1 aliphatic rings. The van der Waals surface area contributed by atoms with Gasteiger partial charge in [-0.1, -0.05) is 46.6 Å². The average molecular weight is 537 g/mol. The molecule has 0 spiro atoms. The summed E-state index contributed by atoms with van der Waals surface area (Å²) in [7, 11) is 1.70. The van der Waals surface area contributed by atoms with Crippen molar-refractivity contribution in [2.24, 2.45) is 0 Å². The van der Waals surface area contributed by atoms with Crippen molar-refractivity contribution in [1.82, 2.24) is 19.7 Å². The van der Waals surface area contributed by atoms with Crippen LogP contribution in [0.5, 0.6) is 0 Å². The maximum absolute atomic E-state index is 14.8. The van der Waals surface area contributed by atoms with Crippen LogP contribution in [0.3, 0.4) is 0 Å². The summed E-state index contributed by atoms with van der Waals surface area (Å²) in [4.78, 5) is 31.3. The molecule has 10 heteroatoms. The third-order valence-electron chi connectivity index (χ3n) is 5.44. The summed E-state index contributed by atoms with van der Waals surface area (Å²) < 4.78 is 21.6. The first-order valence-corrected chi connectivity index (χ1v) is 13.1. The third-order valence-corrected chi connectivity index (χ3v) is 5.44. The quantitative estimate of drug-likeness (QED) is 0.394. The van der Waals surface area contributed by atoms with Gasteiger partial charge in [-0.25, -0.2) is 23.8 Å². The second-order valence-electron chi connectivity index (χ2n) is 9.39. The molecule has 0 fully saturated rings. The van der Waals surface area contributed by atoms with Crippen molar-refractivity contribution in [3.05, 3.63) is 59.2 Å². The fourth-order valence-corrected chi connectivity index (χ4v) is 3.53. The van der Waals surface area contributed by atoms with Crippen LogP contribution in [0.15, 0.2) is 36.5 Å². The first-order chi connectivity index (χ1) is 18.5. The summed E-state index contributed by atoms with van der Waals surface area (Å²) >= 11 is 0. The van der Waals surface area contributed by atoms with E-state index in [0.717, 1.165) is 4.90 Å². The number of hydrogen-bond acceptors (Lipinski definition) is 7. The highest BCUT2D eigenvalue weighted by molar-refractivity contribution is 6.08. The molecule has 0 unspecified atom stereocenters. The van der Waals surface area contributed by atoms with Crippen molar-refractivity contribution in [2.45, 2.75) is 73.5 Å². The highest BCUT2D eigenvalue weighted by atomic mass is 19.1. The van der Waals surface area contributed by atoms with E-state index in [9.17, 15) is 19.2 Å². The maximum Gasteiger partial charge on any atom is 0.417 e. The summed E-state index contributed by atoms with van der Waals surface area (Å²) in [6, 6.07) is 9.31. The number of carbonyl (C=O) groups is 2.